The summed E-state index contributed by atoms with van der Waals surface area (Å²) in [6.45, 7) is 3.50. The highest BCUT2D eigenvalue weighted by Crippen LogP contribution is 2.19. The minimum Gasteiger partial charge on any atom is -0.462 e. The lowest BCUT2D eigenvalue weighted by Crippen LogP contribution is -2.15. The molecule has 0 radical (unpaired) electrons. The molecule has 0 atom stereocenters. The molecule has 24 heavy (non-hydrogen) atoms. The summed E-state index contributed by atoms with van der Waals surface area (Å²) in [4.78, 5) is 38.6. The molecular weight excluding hydrogens is 314 g/mol. The molecule has 8 heteroatoms. The Bertz CT molecular complexity index is 804. The van der Waals surface area contributed by atoms with E-state index in [1.54, 1.807) is 32.0 Å². The number of esters is 1. The number of carbonyl (C=O) groups excluding carboxylic acids is 2. The van der Waals surface area contributed by atoms with E-state index in [4.69, 9.17) is 4.74 Å². The Morgan fingerprint density at radius 3 is 2.58 bits per heavy atom. The van der Waals surface area contributed by atoms with E-state index in [0.29, 0.717) is 11.5 Å². The van der Waals surface area contributed by atoms with Crippen LogP contribution in [0.2, 0.25) is 0 Å². The van der Waals surface area contributed by atoms with Crippen LogP contribution in [0.25, 0.3) is 0 Å². The van der Waals surface area contributed by atoms with Crippen LogP contribution in [0.5, 0.6) is 0 Å². The number of ether oxygens (including phenoxy) is 1. The maximum atomic E-state index is 12.3. The quantitative estimate of drug-likeness (QED) is 0.513. The van der Waals surface area contributed by atoms with Gasteiger partial charge >= 0.3 is 5.97 Å². The summed E-state index contributed by atoms with van der Waals surface area (Å²) in [7, 11) is 0. The summed E-state index contributed by atoms with van der Waals surface area (Å²) in [5.41, 5.74) is 0.242. The van der Waals surface area contributed by atoms with E-state index < -0.39 is 16.8 Å². The first kappa shape index (κ1) is 17.1. The van der Waals surface area contributed by atoms with Crippen molar-refractivity contribution in [3.63, 3.8) is 0 Å². The van der Waals surface area contributed by atoms with Crippen molar-refractivity contribution in [3.8, 4) is 0 Å². The maximum absolute atomic E-state index is 12.3. The number of pyridine rings is 1. The van der Waals surface area contributed by atoms with Gasteiger partial charge in [-0.25, -0.2) is 9.78 Å². The smallest absolute Gasteiger partial charge is 0.338 e. The van der Waals surface area contributed by atoms with Gasteiger partial charge in [-0.1, -0.05) is 6.07 Å². The van der Waals surface area contributed by atoms with Crippen molar-refractivity contribution in [3.05, 3.63) is 63.3 Å². The Balaban J connectivity index is 2.35. The molecule has 1 N–H and O–H groups in total. The SMILES string of the molecule is CCOC(=O)c1cc(C(=O)Nc2cccc(C)n2)cc([N+](=O)[O-])c1. The topological polar surface area (TPSA) is 111 Å². The van der Waals surface area contributed by atoms with E-state index >= 15 is 0 Å². The highest BCUT2D eigenvalue weighted by molar-refractivity contribution is 6.05. The molecule has 1 aromatic carbocycles. The van der Waals surface area contributed by atoms with E-state index in [9.17, 15) is 19.7 Å². The fourth-order valence-electron chi connectivity index (χ4n) is 1.98. The first-order chi connectivity index (χ1) is 11.4. The van der Waals surface area contributed by atoms with E-state index in [1.165, 1.54) is 6.07 Å². The molecular formula is C16H15N3O5. The molecule has 2 rings (SSSR count). The molecule has 0 bridgehead atoms. The molecule has 1 heterocycles. The van der Waals surface area contributed by atoms with Gasteiger partial charge in [0, 0.05) is 23.4 Å². The normalized spacial score (nSPS) is 10.1. The Hall–Kier alpha value is -3.29. The van der Waals surface area contributed by atoms with Gasteiger partial charge in [0.1, 0.15) is 5.82 Å². The lowest BCUT2D eigenvalue weighted by molar-refractivity contribution is -0.384. The minimum absolute atomic E-state index is 0.0319. The molecule has 0 unspecified atom stereocenters. The van der Waals surface area contributed by atoms with Crippen LogP contribution >= 0.6 is 0 Å². The summed E-state index contributed by atoms with van der Waals surface area (Å²) in [5.74, 6) is -1.03. The zero-order valence-electron chi connectivity index (χ0n) is 13.1. The third-order valence-corrected chi connectivity index (χ3v) is 3.03. The summed E-state index contributed by atoms with van der Waals surface area (Å²) in [6.07, 6.45) is 0. The van der Waals surface area contributed by atoms with Gasteiger partial charge in [0.15, 0.2) is 0 Å². The number of anilines is 1. The lowest BCUT2D eigenvalue weighted by Gasteiger charge is -2.07. The van der Waals surface area contributed by atoms with Crippen LogP contribution in [-0.2, 0) is 4.74 Å². The number of aromatic nitrogens is 1. The molecule has 124 valence electrons. The van der Waals surface area contributed by atoms with Crippen LogP contribution < -0.4 is 5.32 Å². The molecule has 0 saturated heterocycles. The number of amides is 1. The Labute approximate surface area is 137 Å². The van der Waals surface area contributed by atoms with Crippen LogP contribution in [0, 0.1) is 17.0 Å². The van der Waals surface area contributed by atoms with E-state index in [2.05, 4.69) is 10.3 Å². The van der Waals surface area contributed by atoms with Gasteiger partial charge in [0.05, 0.1) is 17.1 Å². The molecule has 8 nitrogen and oxygen atoms in total. The van der Waals surface area contributed by atoms with Gasteiger partial charge in [-0.15, -0.1) is 0 Å². The third kappa shape index (κ3) is 4.13. The molecule has 0 aliphatic rings. The number of rotatable bonds is 5. The van der Waals surface area contributed by atoms with E-state index in [1.807, 2.05) is 0 Å². The second-order valence-corrected chi connectivity index (χ2v) is 4.86. The number of nitro groups is 1. The molecule has 0 aliphatic carbocycles. The number of benzene rings is 1. The number of nitro benzene ring substituents is 1. The predicted molar refractivity (Wildman–Crippen MR) is 86.0 cm³/mol. The molecule has 0 saturated carbocycles. The first-order valence-electron chi connectivity index (χ1n) is 7.12. The number of carbonyl (C=O) groups is 2. The maximum Gasteiger partial charge on any atom is 0.338 e. The van der Waals surface area contributed by atoms with Crippen molar-refractivity contribution in [1.82, 2.24) is 4.98 Å². The summed E-state index contributed by atoms with van der Waals surface area (Å²) in [6, 6.07) is 8.48. The van der Waals surface area contributed by atoms with Crippen molar-refractivity contribution >= 4 is 23.4 Å². The molecule has 0 fully saturated rings. The van der Waals surface area contributed by atoms with Crippen molar-refractivity contribution < 1.29 is 19.2 Å². The Kier molecular flexibility index (Phi) is 5.20. The molecule has 0 spiro atoms. The molecule has 1 aromatic heterocycles. The average molecular weight is 329 g/mol. The molecule has 0 aliphatic heterocycles. The number of nitrogens with zero attached hydrogens (tertiary/aromatic N) is 2. The van der Waals surface area contributed by atoms with Crippen LogP contribution in [0.3, 0.4) is 0 Å². The average Bonchev–Trinajstić information content (AvgIpc) is 2.54. The number of hydrogen-bond donors (Lipinski definition) is 1. The van der Waals surface area contributed by atoms with Crippen LogP contribution in [0.4, 0.5) is 11.5 Å². The number of non-ortho nitro benzene ring substituents is 1. The highest BCUT2D eigenvalue weighted by Gasteiger charge is 2.19. The standard InChI is InChI=1S/C16H15N3O5/c1-3-24-16(21)12-7-11(8-13(9-12)19(22)23)15(20)18-14-6-4-5-10(2)17-14/h4-9H,3H2,1-2H3,(H,17,18,20). The van der Waals surface area contributed by atoms with Crippen LogP contribution in [0.15, 0.2) is 36.4 Å². The molecule has 2 aromatic rings. The first-order valence-corrected chi connectivity index (χ1v) is 7.12. The second kappa shape index (κ2) is 7.32. The molecule has 1 amide bonds. The van der Waals surface area contributed by atoms with Crippen molar-refractivity contribution in [2.45, 2.75) is 13.8 Å². The fourth-order valence-corrected chi connectivity index (χ4v) is 1.98. The Morgan fingerprint density at radius 1 is 1.25 bits per heavy atom. The third-order valence-electron chi connectivity index (χ3n) is 3.03. The van der Waals surface area contributed by atoms with Gasteiger partial charge in [0.2, 0.25) is 0 Å². The lowest BCUT2D eigenvalue weighted by atomic mass is 10.1. The zero-order chi connectivity index (χ0) is 17.7. The number of nitrogens with one attached hydrogen (secondary N) is 1. The van der Waals surface area contributed by atoms with Crippen LogP contribution in [0.1, 0.15) is 33.3 Å². The van der Waals surface area contributed by atoms with E-state index in [-0.39, 0.29) is 23.4 Å². The van der Waals surface area contributed by atoms with Gasteiger partial charge in [-0.05, 0) is 32.0 Å². The van der Waals surface area contributed by atoms with Gasteiger partial charge in [0.25, 0.3) is 11.6 Å². The van der Waals surface area contributed by atoms with Crippen LogP contribution in [-0.4, -0.2) is 28.4 Å². The predicted octanol–water partition coefficient (Wildman–Crippen LogP) is 2.73. The second-order valence-electron chi connectivity index (χ2n) is 4.86. The monoisotopic (exact) mass is 329 g/mol. The number of hydrogen-bond acceptors (Lipinski definition) is 6. The van der Waals surface area contributed by atoms with Crippen molar-refractivity contribution in [1.29, 1.82) is 0 Å². The van der Waals surface area contributed by atoms with Gasteiger partial charge < -0.3 is 10.1 Å². The summed E-state index contributed by atoms with van der Waals surface area (Å²) < 4.78 is 4.83. The number of aryl methyl sites for hydroxylation is 1. The van der Waals surface area contributed by atoms with Crippen molar-refractivity contribution in [2.75, 3.05) is 11.9 Å². The summed E-state index contributed by atoms with van der Waals surface area (Å²) >= 11 is 0. The highest BCUT2D eigenvalue weighted by atomic mass is 16.6. The van der Waals surface area contributed by atoms with Crippen molar-refractivity contribution in [2.24, 2.45) is 0 Å². The summed E-state index contributed by atoms with van der Waals surface area (Å²) in [5, 5.41) is 13.6. The zero-order valence-corrected chi connectivity index (χ0v) is 13.1. The van der Waals surface area contributed by atoms with Gasteiger partial charge in [-0.2, -0.15) is 0 Å². The largest absolute Gasteiger partial charge is 0.462 e. The van der Waals surface area contributed by atoms with E-state index in [0.717, 1.165) is 12.1 Å². The Morgan fingerprint density at radius 2 is 1.96 bits per heavy atom. The fraction of sp³-hybridized carbons (Fsp3) is 0.188. The van der Waals surface area contributed by atoms with Gasteiger partial charge in [-0.3, -0.25) is 14.9 Å². The minimum atomic E-state index is -0.732.